The van der Waals surface area contributed by atoms with Crippen molar-refractivity contribution in [2.75, 3.05) is 6.61 Å². The molecule has 0 aliphatic carbocycles. The van der Waals surface area contributed by atoms with E-state index < -0.39 is 5.97 Å². The predicted molar refractivity (Wildman–Crippen MR) is 78.9 cm³/mol. The summed E-state index contributed by atoms with van der Waals surface area (Å²) in [6.07, 6.45) is 6.09. The van der Waals surface area contributed by atoms with Crippen LogP contribution in [0.2, 0.25) is 0 Å². The van der Waals surface area contributed by atoms with Gasteiger partial charge in [-0.25, -0.2) is 9.59 Å². The molecule has 0 aromatic heterocycles. The van der Waals surface area contributed by atoms with E-state index in [2.05, 4.69) is 33.2 Å². The number of carbonyl (C=O) groups excluding carboxylic acids is 1. The number of carboxylic acid groups (broad SMARTS) is 1. The first-order valence-electron chi connectivity index (χ1n) is 5.78. The molecule has 0 unspecified atom stereocenters. The highest BCUT2D eigenvalue weighted by molar-refractivity contribution is 5.86. The van der Waals surface area contributed by atoms with Crippen LogP contribution in [0.4, 0.5) is 0 Å². The van der Waals surface area contributed by atoms with Crippen LogP contribution in [-0.2, 0) is 14.3 Å². The normalized spacial score (nSPS) is 7.47. The molecule has 19 heavy (non-hydrogen) atoms. The highest BCUT2D eigenvalue weighted by Crippen LogP contribution is 1.94. The van der Waals surface area contributed by atoms with Crippen LogP contribution in [0.25, 0.3) is 0 Å². The van der Waals surface area contributed by atoms with Gasteiger partial charge in [-0.1, -0.05) is 51.8 Å². The van der Waals surface area contributed by atoms with Crippen LogP contribution < -0.4 is 0 Å². The quantitative estimate of drug-likeness (QED) is 0.346. The SMILES string of the molecule is C=C(C)C(=O)OCCCC.C=CC(=O)O.C=CC=C. The third-order valence-corrected chi connectivity index (χ3v) is 1.42. The van der Waals surface area contributed by atoms with Gasteiger partial charge in [0.25, 0.3) is 0 Å². The molecular weight excluding hydrogens is 244 g/mol. The highest BCUT2D eigenvalue weighted by atomic mass is 16.5. The van der Waals surface area contributed by atoms with Crippen molar-refractivity contribution in [3.05, 3.63) is 50.1 Å². The molecule has 0 radical (unpaired) electrons. The minimum Gasteiger partial charge on any atom is -0.478 e. The molecule has 0 saturated heterocycles. The van der Waals surface area contributed by atoms with Crippen LogP contribution in [0.1, 0.15) is 26.7 Å². The topological polar surface area (TPSA) is 63.6 Å². The fraction of sp³-hybridized carbons (Fsp3) is 0.333. The van der Waals surface area contributed by atoms with Crippen molar-refractivity contribution in [1.82, 2.24) is 0 Å². The Balaban J connectivity index is -0.000000238. The summed E-state index contributed by atoms with van der Waals surface area (Å²) in [5.41, 5.74) is 0.469. The lowest BCUT2D eigenvalue weighted by atomic mass is 10.3. The number of allylic oxidation sites excluding steroid dienone is 2. The summed E-state index contributed by atoms with van der Waals surface area (Å²) in [4.78, 5) is 19.9. The van der Waals surface area contributed by atoms with Gasteiger partial charge in [-0.05, 0) is 13.3 Å². The van der Waals surface area contributed by atoms with Gasteiger partial charge in [0.2, 0.25) is 0 Å². The number of esters is 1. The van der Waals surface area contributed by atoms with E-state index in [0.29, 0.717) is 12.2 Å². The van der Waals surface area contributed by atoms with Crippen molar-refractivity contribution in [1.29, 1.82) is 0 Å². The second-order valence-electron chi connectivity index (χ2n) is 3.28. The average Bonchev–Trinajstić information content (AvgIpc) is 2.39. The lowest BCUT2D eigenvalue weighted by Gasteiger charge is -2.01. The molecule has 4 heteroatoms. The second-order valence-corrected chi connectivity index (χ2v) is 3.28. The number of hydrogen-bond acceptors (Lipinski definition) is 3. The maximum atomic E-state index is 10.7. The van der Waals surface area contributed by atoms with Crippen LogP contribution in [-0.4, -0.2) is 23.7 Å². The molecule has 108 valence electrons. The number of carboxylic acids is 1. The van der Waals surface area contributed by atoms with Crippen LogP contribution in [0, 0.1) is 0 Å². The Morgan fingerprint density at radius 2 is 1.63 bits per heavy atom. The number of hydrogen-bond donors (Lipinski definition) is 1. The largest absolute Gasteiger partial charge is 0.478 e. The third kappa shape index (κ3) is 31.3. The Bertz CT molecular complexity index is 297. The van der Waals surface area contributed by atoms with Gasteiger partial charge in [0, 0.05) is 11.6 Å². The number of aliphatic carboxylic acids is 1. The van der Waals surface area contributed by atoms with E-state index in [9.17, 15) is 9.59 Å². The van der Waals surface area contributed by atoms with Crippen molar-refractivity contribution < 1.29 is 19.4 Å². The molecule has 0 bridgehead atoms. The van der Waals surface area contributed by atoms with E-state index in [1.165, 1.54) is 0 Å². The Kier molecular flexibility index (Phi) is 21.3. The molecule has 0 aliphatic rings. The van der Waals surface area contributed by atoms with Crippen LogP contribution in [0.3, 0.4) is 0 Å². The van der Waals surface area contributed by atoms with Gasteiger partial charge < -0.3 is 9.84 Å². The first-order valence-corrected chi connectivity index (χ1v) is 5.78. The molecule has 0 amide bonds. The molecule has 0 heterocycles. The van der Waals surface area contributed by atoms with Crippen molar-refractivity contribution >= 4 is 11.9 Å². The molecule has 0 saturated carbocycles. The van der Waals surface area contributed by atoms with E-state index in [1.54, 1.807) is 19.1 Å². The first-order chi connectivity index (χ1) is 8.87. The van der Waals surface area contributed by atoms with Gasteiger partial charge in [0.05, 0.1) is 6.61 Å². The summed E-state index contributed by atoms with van der Waals surface area (Å²) < 4.78 is 4.81. The predicted octanol–water partition coefficient (Wildman–Crippen LogP) is 3.52. The summed E-state index contributed by atoms with van der Waals surface area (Å²) in [5, 5.41) is 7.60. The molecule has 0 aliphatic heterocycles. The smallest absolute Gasteiger partial charge is 0.333 e. The van der Waals surface area contributed by atoms with Gasteiger partial charge in [-0.15, -0.1) is 0 Å². The fourth-order valence-electron chi connectivity index (χ4n) is 0.432. The molecule has 0 spiro atoms. The van der Waals surface area contributed by atoms with Crippen molar-refractivity contribution in [2.45, 2.75) is 26.7 Å². The third-order valence-electron chi connectivity index (χ3n) is 1.42. The van der Waals surface area contributed by atoms with E-state index in [0.717, 1.165) is 18.9 Å². The van der Waals surface area contributed by atoms with Gasteiger partial charge in [-0.3, -0.25) is 0 Å². The summed E-state index contributed by atoms with van der Waals surface area (Å²) in [6.45, 7) is 17.4. The number of rotatable bonds is 6. The van der Waals surface area contributed by atoms with Gasteiger partial charge in [0.15, 0.2) is 0 Å². The molecule has 1 N–H and O–H groups in total. The van der Waals surface area contributed by atoms with Crippen molar-refractivity contribution in [2.24, 2.45) is 0 Å². The monoisotopic (exact) mass is 268 g/mol. The first kappa shape index (κ1) is 22.1. The van der Waals surface area contributed by atoms with Crippen LogP contribution >= 0.6 is 0 Å². The molecule has 0 aromatic carbocycles. The van der Waals surface area contributed by atoms with Gasteiger partial charge in [-0.2, -0.15) is 0 Å². The molecule has 4 nitrogen and oxygen atoms in total. The zero-order valence-electron chi connectivity index (χ0n) is 11.9. The number of carbonyl (C=O) groups is 2. The van der Waals surface area contributed by atoms with Gasteiger partial charge in [0.1, 0.15) is 0 Å². The van der Waals surface area contributed by atoms with Crippen molar-refractivity contribution in [3.8, 4) is 0 Å². The second kappa shape index (κ2) is 18.3. The summed E-state index contributed by atoms with van der Waals surface area (Å²) in [7, 11) is 0. The van der Waals surface area contributed by atoms with Crippen LogP contribution in [0.15, 0.2) is 50.1 Å². The maximum Gasteiger partial charge on any atom is 0.333 e. The molecule has 0 atom stereocenters. The maximum absolute atomic E-state index is 10.7. The summed E-state index contributed by atoms with van der Waals surface area (Å²) in [6, 6.07) is 0. The lowest BCUT2D eigenvalue weighted by molar-refractivity contribution is -0.139. The minimum absolute atomic E-state index is 0.284. The average molecular weight is 268 g/mol. The van der Waals surface area contributed by atoms with E-state index in [4.69, 9.17) is 9.84 Å². The molecular formula is C15H24O4. The molecule has 0 fully saturated rings. The van der Waals surface area contributed by atoms with Crippen LogP contribution in [0.5, 0.6) is 0 Å². The fourth-order valence-corrected chi connectivity index (χ4v) is 0.432. The summed E-state index contributed by atoms with van der Waals surface area (Å²) in [5.74, 6) is -1.27. The van der Waals surface area contributed by atoms with Gasteiger partial charge >= 0.3 is 11.9 Å². The standard InChI is InChI=1S/C8H14O2.C4H6.C3H4O2/c1-4-5-6-10-8(9)7(2)3;1-3-4-2;1-2-3(4)5/h2,4-6H2,1,3H3;3-4H,1-2H2;2H,1H2,(H,4,5). The Morgan fingerprint density at radius 3 is 1.84 bits per heavy atom. The Hall–Kier alpha value is -2.10. The Morgan fingerprint density at radius 1 is 1.21 bits per heavy atom. The van der Waals surface area contributed by atoms with E-state index >= 15 is 0 Å². The molecule has 0 aromatic rings. The van der Waals surface area contributed by atoms with E-state index in [1.807, 2.05) is 0 Å². The molecule has 0 rings (SSSR count). The highest BCUT2D eigenvalue weighted by Gasteiger charge is 2.00. The lowest BCUT2D eigenvalue weighted by Crippen LogP contribution is -2.05. The zero-order valence-corrected chi connectivity index (χ0v) is 11.9. The number of ether oxygens (including phenoxy) is 1. The number of unbranched alkanes of at least 4 members (excludes halogenated alkanes) is 1. The minimum atomic E-state index is -0.981. The van der Waals surface area contributed by atoms with E-state index in [-0.39, 0.29) is 5.97 Å². The van der Waals surface area contributed by atoms with Crippen molar-refractivity contribution in [3.63, 3.8) is 0 Å². The zero-order chi connectivity index (χ0) is 15.7. The Labute approximate surface area is 115 Å². The summed E-state index contributed by atoms with van der Waals surface area (Å²) >= 11 is 0.